The van der Waals surface area contributed by atoms with Crippen molar-refractivity contribution in [1.82, 2.24) is 4.90 Å². The molecule has 1 amide bonds. The second-order valence-electron chi connectivity index (χ2n) is 5.87. The summed E-state index contributed by atoms with van der Waals surface area (Å²) >= 11 is 0. The topological polar surface area (TPSA) is 46.3 Å². The number of alkyl halides is 3. The lowest BCUT2D eigenvalue weighted by Gasteiger charge is -2.35. The van der Waals surface area contributed by atoms with Crippen LogP contribution in [0.5, 0.6) is 0 Å². The highest BCUT2D eigenvalue weighted by Crippen LogP contribution is 2.40. The summed E-state index contributed by atoms with van der Waals surface area (Å²) in [5.74, 6) is -1.95. The molecule has 2 atom stereocenters. The Morgan fingerprint density at radius 3 is 2.50 bits per heavy atom. The van der Waals surface area contributed by atoms with Crippen molar-refractivity contribution in [1.29, 1.82) is 0 Å². The molecule has 0 spiro atoms. The third-order valence-corrected chi connectivity index (χ3v) is 4.00. The summed E-state index contributed by atoms with van der Waals surface area (Å²) in [4.78, 5) is 14.1. The van der Waals surface area contributed by atoms with Gasteiger partial charge < -0.3 is 10.6 Å². The maximum absolute atomic E-state index is 12.8. The molecule has 0 aliphatic heterocycles. The molecule has 1 saturated carbocycles. The number of nitrogens with two attached hydrogens (primary N) is 1. The second kappa shape index (κ2) is 7.29. The first-order valence-electron chi connectivity index (χ1n) is 7.34. The normalized spacial score (nSPS) is 23.9. The molecule has 0 radical (unpaired) electrons. The van der Waals surface area contributed by atoms with Crippen molar-refractivity contribution in [3.8, 4) is 0 Å². The number of hydrogen-bond acceptors (Lipinski definition) is 2. The largest absolute Gasteiger partial charge is 0.391 e. The van der Waals surface area contributed by atoms with Crippen LogP contribution in [-0.2, 0) is 4.79 Å². The number of carbonyl (C=O) groups excluding carboxylic acids is 1. The zero-order chi connectivity index (χ0) is 15.3. The molecular formula is C14H25F3N2O. The maximum Gasteiger partial charge on any atom is 0.391 e. The average Bonchev–Trinajstić information content (AvgIpc) is 2.37. The van der Waals surface area contributed by atoms with Gasteiger partial charge in [0.25, 0.3) is 0 Å². The molecule has 6 heteroatoms. The lowest BCUT2D eigenvalue weighted by atomic mass is 9.80. The van der Waals surface area contributed by atoms with Crippen molar-refractivity contribution >= 4 is 5.91 Å². The van der Waals surface area contributed by atoms with Crippen molar-refractivity contribution in [2.75, 3.05) is 13.1 Å². The van der Waals surface area contributed by atoms with E-state index in [1.54, 1.807) is 4.90 Å². The van der Waals surface area contributed by atoms with Gasteiger partial charge in [0.15, 0.2) is 0 Å². The highest BCUT2D eigenvalue weighted by molar-refractivity contribution is 5.79. The second-order valence-corrected chi connectivity index (χ2v) is 5.87. The van der Waals surface area contributed by atoms with E-state index in [2.05, 4.69) is 0 Å². The molecule has 0 saturated heterocycles. The van der Waals surface area contributed by atoms with Crippen LogP contribution in [0.3, 0.4) is 0 Å². The van der Waals surface area contributed by atoms with Gasteiger partial charge in [0, 0.05) is 18.5 Å². The van der Waals surface area contributed by atoms with Gasteiger partial charge in [-0.1, -0.05) is 6.42 Å². The van der Waals surface area contributed by atoms with Gasteiger partial charge in [-0.3, -0.25) is 4.79 Å². The van der Waals surface area contributed by atoms with E-state index in [1.165, 1.54) is 0 Å². The summed E-state index contributed by atoms with van der Waals surface area (Å²) in [6.07, 6.45) is -2.37. The summed E-state index contributed by atoms with van der Waals surface area (Å²) in [6, 6.07) is 0.000290. The first kappa shape index (κ1) is 17.3. The highest BCUT2D eigenvalue weighted by atomic mass is 19.4. The van der Waals surface area contributed by atoms with Gasteiger partial charge in [-0.2, -0.15) is 13.2 Å². The molecule has 2 N–H and O–H groups in total. The molecule has 0 bridgehead atoms. The summed E-state index contributed by atoms with van der Waals surface area (Å²) in [5, 5.41) is 0. The summed E-state index contributed by atoms with van der Waals surface area (Å²) in [7, 11) is 0. The smallest absolute Gasteiger partial charge is 0.340 e. The van der Waals surface area contributed by atoms with Gasteiger partial charge in [0.2, 0.25) is 5.91 Å². The summed E-state index contributed by atoms with van der Waals surface area (Å²) in [5.41, 5.74) is 5.45. The monoisotopic (exact) mass is 294 g/mol. The van der Waals surface area contributed by atoms with Crippen LogP contribution >= 0.6 is 0 Å². The fourth-order valence-corrected chi connectivity index (χ4v) is 2.83. The standard InChI is InChI=1S/C14H25F3N2O/c1-10(2)19(8-4-7-18)13(20)11-5-3-6-12(9-11)14(15,16)17/h10-12H,3-9,18H2,1-2H3. The van der Waals surface area contributed by atoms with Crippen molar-refractivity contribution in [2.45, 2.75) is 58.2 Å². The molecule has 0 aromatic carbocycles. The Morgan fingerprint density at radius 2 is 2.00 bits per heavy atom. The number of amides is 1. The highest BCUT2D eigenvalue weighted by Gasteiger charge is 2.44. The van der Waals surface area contributed by atoms with Crippen molar-refractivity contribution < 1.29 is 18.0 Å². The van der Waals surface area contributed by atoms with Crippen molar-refractivity contribution in [3.05, 3.63) is 0 Å². The van der Waals surface area contributed by atoms with Gasteiger partial charge in [-0.15, -0.1) is 0 Å². The predicted molar refractivity (Wildman–Crippen MR) is 72.0 cm³/mol. The molecule has 1 fully saturated rings. The average molecular weight is 294 g/mol. The van der Waals surface area contributed by atoms with Crippen LogP contribution in [-0.4, -0.2) is 36.1 Å². The van der Waals surface area contributed by atoms with Gasteiger partial charge in [0.1, 0.15) is 0 Å². The van der Waals surface area contributed by atoms with E-state index in [1.807, 2.05) is 13.8 Å². The number of hydrogen-bond donors (Lipinski definition) is 1. The number of halogens is 3. The Balaban J connectivity index is 2.68. The Hall–Kier alpha value is -0.780. The lowest BCUT2D eigenvalue weighted by Crippen LogP contribution is -2.44. The maximum atomic E-state index is 12.8. The van der Waals surface area contributed by atoms with Crippen LogP contribution in [0.25, 0.3) is 0 Å². The minimum absolute atomic E-state index is 0.000290. The molecule has 0 heterocycles. The fraction of sp³-hybridized carbons (Fsp3) is 0.929. The Labute approximate surface area is 118 Å². The molecule has 1 aliphatic carbocycles. The molecule has 118 valence electrons. The van der Waals surface area contributed by atoms with Crippen LogP contribution in [0.1, 0.15) is 46.0 Å². The zero-order valence-electron chi connectivity index (χ0n) is 12.2. The Kier molecular flexibility index (Phi) is 6.30. The molecule has 1 rings (SSSR count). The third-order valence-electron chi connectivity index (χ3n) is 4.00. The van der Waals surface area contributed by atoms with E-state index in [0.717, 1.165) is 0 Å². The minimum Gasteiger partial charge on any atom is -0.340 e. The SMILES string of the molecule is CC(C)N(CCCN)C(=O)C1CCCC(C(F)(F)F)C1. The zero-order valence-corrected chi connectivity index (χ0v) is 12.2. The predicted octanol–water partition coefficient (Wildman–Crippen LogP) is 2.94. The van der Waals surface area contributed by atoms with Crippen LogP contribution in [0.4, 0.5) is 13.2 Å². The Morgan fingerprint density at radius 1 is 1.35 bits per heavy atom. The van der Waals surface area contributed by atoms with Gasteiger partial charge in [0.05, 0.1) is 5.92 Å². The van der Waals surface area contributed by atoms with E-state index in [-0.39, 0.29) is 24.8 Å². The molecule has 1 aliphatic rings. The molecule has 3 nitrogen and oxygen atoms in total. The lowest BCUT2D eigenvalue weighted by molar-refractivity contribution is -0.187. The van der Waals surface area contributed by atoms with Crippen molar-refractivity contribution in [2.24, 2.45) is 17.6 Å². The van der Waals surface area contributed by atoms with Crippen LogP contribution < -0.4 is 5.73 Å². The third kappa shape index (κ3) is 4.65. The molecule has 2 unspecified atom stereocenters. The van der Waals surface area contributed by atoms with Gasteiger partial charge in [-0.05, 0) is 46.1 Å². The number of rotatable bonds is 5. The molecular weight excluding hydrogens is 269 g/mol. The Bertz CT molecular complexity index is 318. The number of nitrogens with zero attached hydrogens (tertiary/aromatic N) is 1. The fourth-order valence-electron chi connectivity index (χ4n) is 2.83. The van der Waals surface area contributed by atoms with Crippen molar-refractivity contribution in [3.63, 3.8) is 0 Å². The molecule has 0 aromatic heterocycles. The van der Waals surface area contributed by atoms with E-state index in [4.69, 9.17) is 5.73 Å². The number of carbonyl (C=O) groups is 1. The van der Waals surface area contributed by atoms with Crippen LogP contribution in [0.2, 0.25) is 0 Å². The van der Waals surface area contributed by atoms with Gasteiger partial charge in [-0.25, -0.2) is 0 Å². The van der Waals surface area contributed by atoms with Gasteiger partial charge >= 0.3 is 6.18 Å². The van der Waals surface area contributed by atoms with E-state index < -0.39 is 18.0 Å². The summed E-state index contributed by atoms with van der Waals surface area (Å²) < 4.78 is 38.4. The van der Waals surface area contributed by atoms with E-state index >= 15 is 0 Å². The molecule has 0 aromatic rings. The molecule has 20 heavy (non-hydrogen) atoms. The quantitative estimate of drug-likeness (QED) is 0.847. The van der Waals surface area contributed by atoms with E-state index in [0.29, 0.717) is 32.4 Å². The van der Waals surface area contributed by atoms with E-state index in [9.17, 15) is 18.0 Å². The first-order chi connectivity index (χ1) is 9.27. The van der Waals surface area contributed by atoms with Crippen LogP contribution in [0, 0.1) is 11.8 Å². The summed E-state index contributed by atoms with van der Waals surface area (Å²) in [6.45, 7) is 4.78. The minimum atomic E-state index is -4.18. The van der Waals surface area contributed by atoms with Crippen LogP contribution in [0.15, 0.2) is 0 Å². The first-order valence-corrected chi connectivity index (χ1v) is 7.34.